The summed E-state index contributed by atoms with van der Waals surface area (Å²) in [5.41, 5.74) is 0. The molecule has 2 saturated heterocycles. The van der Waals surface area contributed by atoms with E-state index in [0.29, 0.717) is 6.42 Å². The number of hydrogen-bond acceptors (Lipinski definition) is 12. The second kappa shape index (κ2) is 16.1. The fourth-order valence-electron chi connectivity index (χ4n) is 4.38. The zero-order chi connectivity index (χ0) is 26.7. The monoisotopic (exact) mass is 524 g/mol. The molecular formula is C24H44O12. The molecule has 0 amide bonds. The summed E-state index contributed by atoms with van der Waals surface area (Å²) in [5.74, 6) is -0.486. The summed E-state index contributed by atoms with van der Waals surface area (Å²) in [6.07, 6.45) is -5.75. The van der Waals surface area contributed by atoms with Crippen molar-refractivity contribution in [2.45, 2.75) is 133 Å². The number of aliphatic hydroxyl groups is 7. The standard InChI is InChI=1S/C24H44O12/c1-2-3-4-5-6-7-8-9-10-11-16(26)33-13-15-17(27)18(28)21(31)24(35-15)36-22-14(12-25)34-23(32)20(30)19(22)29/h14-15,17-25,27-32H,2-13H2,1H3/t14-,15-,17-,18+,19-,20-,21-,22-,23-,24-/m1/s1. The van der Waals surface area contributed by atoms with Crippen LogP contribution in [0.5, 0.6) is 0 Å². The summed E-state index contributed by atoms with van der Waals surface area (Å²) in [7, 11) is 0. The Morgan fingerprint density at radius 1 is 0.722 bits per heavy atom. The van der Waals surface area contributed by atoms with E-state index in [0.717, 1.165) is 19.3 Å². The van der Waals surface area contributed by atoms with Gasteiger partial charge in [0.25, 0.3) is 0 Å². The molecular weight excluding hydrogens is 480 g/mol. The number of hydrogen-bond donors (Lipinski definition) is 7. The van der Waals surface area contributed by atoms with Crippen LogP contribution in [0.4, 0.5) is 0 Å². The molecule has 7 N–H and O–H groups in total. The van der Waals surface area contributed by atoms with E-state index in [-0.39, 0.29) is 6.42 Å². The minimum Gasteiger partial charge on any atom is -0.463 e. The maximum absolute atomic E-state index is 12.1. The predicted molar refractivity (Wildman–Crippen MR) is 124 cm³/mol. The number of unbranched alkanes of at least 4 members (excludes halogenated alkanes) is 8. The Balaban J connectivity index is 1.78. The van der Waals surface area contributed by atoms with Gasteiger partial charge < -0.3 is 54.7 Å². The van der Waals surface area contributed by atoms with Gasteiger partial charge in [0.2, 0.25) is 0 Å². The van der Waals surface area contributed by atoms with Gasteiger partial charge in [-0.3, -0.25) is 4.79 Å². The molecule has 12 heteroatoms. The Labute approximate surface area is 211 Å². The molecule has 2 heterocycles. The van der Waals surface area contributed by atoms with Crippen molar-refractivity contribution in [2.75, 3.05) is 13.2 Å². The predicted octanol–water partition coefficient (Wildman–Crippen LogP) is -0.925. The highest BCUT2D eigenvalue weighted by Crippen LogP contribution is 2.28. The van der Waals surface area contributed by atoms with E-state index in [9.17, 15) is 40.5 Å². The van der Waals surface area contributed by atoms with Crippen LogP contribution < -0.4 is 0 Å². The smallest absolute Gasteiger partial charge is 0.305 e. The van der Waals surface area contributed by atoms with Crippen molar-refractivity contribution in [3.05, 3.63) is 0 Å². The van der Waals surface area contributed by atoms with Gasteiger partial charge in [-0.15, -0.1) is 0 Å². The van der Waals surface area contributed by atoms with Crippen LogP contribution in [0.1, 0.15) is 71.1 Å². The lowest BCUT2D eigenvalue weighted by Gasteiger charge is -2.45. The minimum absolute atomic E-state index is 0.202. The Kier molecular flexibility index (Phi) is 14.0. The van der Waals surface area contributed by atoms with E-state index in [1.54, 1.807) is 0 Å². The van der Waals surface area contributed by atoms with Gasteiger partial charge >= 0.3 is 5.97 Å². The van der Waals surface area contributed by atoms with E-state index in [4.69, 9.17) is 18.9 Å². The van der Waals surface area contributed by atoms with Gasteiger partial charge in [-0.05, 0) is 6.42 Å². The van der Waals surface area contributed by atoms with E-state index >= 15 is 0 Å². The molecule has 0 aliphatic carbocycles. The number of carbonyl (C=O) groups is 1. The third-order valence-electron chi connectivity index (χ3n) is 6.69. The van der Waals surface area contributed by atoms with Crippen LogP contribution in [-0.4, -0.2) is 116 Å². The first-order chi connectivity index (χ1) is 17.2. The Hall–Kier alpha value is -0.930. The van der Waals surface area contributed by atoms with Crippen LogP contribution >= 0.6 is 0 Å². The third kappa shape index (κ3) is 9.12. The van der Waals surface area contributed by atoms with Crippen LogP contribution in [0.3, 0.4) is 0 Å². The molecule has 0 bridgehead atoms. The molecule has 12 nitrogen and oxygen atoms in total. The molecule has 2 fully saturated rings. The van der Waals surface area contributed by atoms with Crippen molar-refractivity contribution in [2.24, 2.45) is 0 Å². The lowest BCUT2D eigenvalue weighted by atomic mass is 9.97. The van der Waals surface area contributed by atoms with Crippen LogP contribution in [-0.2, 0) is 23.7 Å². The number of carbonyl (C=O) groups excluding carboxylic acids is 1. The van der Waals surface area contributed by atoms with Crippen LogP contribution in [0.25, 0.3) is 0 Å². The summed E-state index contributed by atoms with van der Waals surface area (Å²) < 4.78 is 21.1. The molecule has 0 aromatic heterocycles. The fraction of sp³-hybridized carbons (Fsp3) is 0.958. The van der Waals surface area contributed by atoms with Gasteiger partial charge in [-0.25, -0.2) is 0 Å². The zero-order valence-corrected chi connectivity index (χ0v) is 20.9. The minimum atomic E-state index is -1.76. The SMILES string of the molecule is CCCCCCCCCCCC(=O)OC[C@H]1O[C@H](O[C@H]2[C@H](O)[C@@H](O)[C@H](O)O[C@@H]2CO)[C@H](O)[C@@H](O)[C@@H]1O. The molecule has 0 unspecified atom stereocenters. The first-order valence-corrected chi connectivity index (χ1v) is 13.0. The molecule has 2 rings (SSSR count). The molecule has 0 radical (unpaired) electrons. The average molecular weight is 525 g/mol. The van der Waals surface area contributed by atoms with E-state index in [2.05, 4.69) is 6.92 Å². The molecule has 2 aliphatic heterocycles. The Bertz CT molecular complexity index is 620. The highest BCUT2D eigenvalue weighted by molar-refractivity contribution is 5.69. The normalized spacial score (nSPS) is 37.1. The van der Waals surface area contributed by atoms with Gasteiger partial charge in [-0.1, -0.05) is 58.3 Å². The summed E-state index contributed by atoms with van der Waals surface area (Å²) in [5, 5.41) is 69.9. The van der Waals surface area contributed by atoms with Crippen molar-refractivity contribution >= 4 is 5.97 Å². The maximum Gasteiger partial charge on any atom is 0.305 e. The number of esters is 1. The van der Waals surface area contributed by atoms with Crippen molar-refractivity contribution in [3.8, 4) is 0 Å². The number of ether oxygens (including phenoxy) is 4. The van der Waals surface area contributed by atoms with Crippen molar-refractivity contribution in [1.82, 2.24) is 0 Å². The summed E-state index contributed by atoms with van der Waals surface area (Å²) >= 11 is 0. The summed E-state index contributed by atoms with van der Waals surface area (Å²) in [6.45, 7) is 1.08. The van der Waals surface area contributed by atoms with Gasteiger partial charge in [0, 0.05) is 6.42 Å². The topological polar surface area (TPSA) is 196 Å². The number of rotatable bonds is 15. The van der Waals surface area contributed by atoms with Crippen LogP contribution in [0.2, 0.25) is 0 Å². The molecule has 0 aromatic rings. The largest absolute Gasteiger partial charge is 0.463 e. The van der Waals surface area contributed by atoms with Crippen LogP contribution in [0.15, 0.2) is 0 Å². The second-order valence-corrected chi connectivity index (χ2v) is 9.61. The summed E-state index contributed by atoms with van der Waals surface area (Å²) in [6, 6.07) is 0. The molecule has 0 spiro atoms. The maximum atomic E-state index is 12.1. The van der Waals surface area contributed by atoms with Crippen molar-refractivity contribution in [3.63, 3.8) is 0 Å². The molecule has 0 aromatic carbocycles. The summed E-state index contributed by atoms with van der Waals surface area (Å²) in [4.78, 5) is 12.1. The van der Waals surface area contributed by atoms with E-state index in [1.165, 1.54) is 32.1 Å². The quantitative estimate of drug-likeness (QED) is 0.103. The molecule has 212 valence electrons. The highest BCUT2D eigenvalue weighted by Gasteiger charge is 2.50. The lowest BCUT2D eigenvalue weighted by molar-refractivity contribution is -0.355. The average Bonchev–Trinajstić information content (AvgIpc) is 2.87. The lowest BCUT2D eigenvalue weighted by Crippen LogP contribution is -2.64. The van der Waals surface area contributed by atoms with E-state index < -0.39 is 80.6 Å². The van der Waals surface area contributed by atoms with Gasteiger partial charge in [0.1, 0.15) is 55.4 Å². The van der Waals surface area contributed by atoms with Crippen LogP contribution in [0, 0.1) is 0 Å². The van der Waals surface area contributed by atoms with Crippen molar-refractivity contribution in [1.29, 1.82) is 0 Å². The first-order valence-electron chi connectivity index (χ1n) is 13.0. The molecule has 36 heavy (non-hydrogen) atoms. The zero-order valence-electron chi connectivity index (χ0n) is 20.9. The highest BCUT2D eigenvalue weighted by atomic mass is 16.7. The van der Waals surface area contributed by atoms with E-state index in [1.807, 2.05) is 0 Å². The van der Waals surface area contributed by atoms with Gasteiger partial charge in [0.15, 0.2) is 12.6 Å². The molecule has 2 aliphatic rings. The van der Waals surface area contributed by atoms with Gasteiger partial charge in [-0.2, -0.15) is 0 Å². The molecule has 10 atom stereocenters. The molecule has 0 saturated carbocycles. The fourth-order valence-corrected chi connectivity index (χ4v) is 4.38. The Morgan fingerprint density at radius 3 is 1.94 bits per heavy atom. The Morgan fingerprint density at radius 2 is 1.33 bits per heavy atom. The number of aliphatic hydroxyl groups excluding tert-OH is 7. The van der Waals surface area contributed by atoms with Crippen molar-refractivity contribution < 1.29 is 59.5 Å². The second-order valence-electron chi connectivity index (χ2n) is 9.61. The third-order valence-corrected chi connectivity index (χ3v) is 6.69. The first kappa shape index (κ1) is 31.3. The van der Waals surface area contributed by atoms with Gasteiger partial charge in [0.05, 0.1) is 6.61 Å².